The van der Waals surface area contributed by atoms with Gasteiger partial charge < -0.3 is 10.0 Å². The summed E-state index contributed by atoms with van der Waals surface area (Å²) in [7, 11) is 0. The summed E-state index contributed by atoms with van der Waals surface area (Å²) < 4.78 is 1.70. The first kappa shape index (κ1) is 13.8. The van der Waals surface area contributed by atoms with Crippen LogP contribution in [0.15, 0.2) is 42.7 Å². The van der Waals surface area contributed by atoms with Crippen molar-refractivity contribution in [2.75, 3.05) is 13.2 Å². The van der Waals surface area contributed by atoms with Gasteiger partial charge in [-0.3, -0.25) is 4.79 Å². The summed E-state index contributed by atoms with van der Waals surface area (Å²) in [5.74, 6) is -0.0454. The highest BCUT2D eigenvalue weighted by atomic mass is 16.3. The van der Waals surface area contributed by atoms with E-state index in [1.54, 1.807) is 22.0 Å². The van der Waals surface area contributed by atoms with Crippen molar-refractivity contribution >= 4 is 5.91 Å². The number of hydrogen-bond acceptors (Lipinski definition) is 3. The van der Waals surface area contributed by atoms with Crippen LogP contribution in [0.5, 0.6) is 0 Å². The summed E-state index contributed by atoms with van der Waals surface area (Å²) in [6, 6.07) is 9.97. The third-order valence-electron chi connectivity index (χ3n) is 3.97. The fraction of sp³-hybridized carbons (Fsp3) is 0.375. The van der Waals surface area contributed by atoms with Crippen molar-refractivity contribution < 1.29 is 9.90 Å². The van der Waals surface area contributed by atoms with E-state index in [1.807, 2.05) is 30.3 Å². The van der Waals surface area contributed by atoms with Crippen LogP contribution in [0.25, 0.3) is 5.69 Å². The van der Waals surface area contributed by atoms with Crippen LogP contribution in [-0.2, 0) is 0 Å². The Hall–Kier alpha value is -2.14. The van der Waals surface area contributed by atoms with Crippen LogP contribution in [0, 0.1) is 0 Å². The molecular formula is C16H19N3O2. The molecule has 0 atom stereocenters. The Balaban J connectivity index is 1.79. The van der Waals surface area contributed by atoms with Gasteiger partial charge in [-0.05, 0) is 31.4 Å². The number of para-hydroxylation sites is 1. The molecule has 0 spiro atoms. The highest BCUT2D eigenvalue weighted by molar-refractivity contribution is 5.94. The van der Waals surface area contributed by atoms with E-state index in [0.29, 0.717) is 12.1 Å². The van der Waals surface area contributed by atoms with Gasteiger partial charge in [0.05, 0.1) is 24.1 Å². The molecule has 1 aliphatic rings. The van der Waals surface area contributed by atoms with Crippen molar-refractivity contribution in [1.29, 1.82) is 0 Å². The molecular weight excluding hydrogens is 266 g/mol. The van der Waals surface area contributed by atoms with E-state index >= 15 is 0 Å². The van der Waals surface area contributed by atoms with Crippen LogP contribution in [0.4, 0.5) is 0 Å². The summed E-state index contributed by atoms with van der Waals surface area (Å²) in [4.78, 5) is 14.3. The van der Waals surface area contributed by atoms with Crippen LogP contribution in [0.2, 0.25) is 0 Å². The molecule has 3 rings (SSSR count). The fourth-order valence-corrected chi connectivity index (χ4v) is 2.58. The number of aliphatic hydroxyl groups is 1. The van der Waals surface area contributed by atoms with Crippen molar-refractivity contribution in [1.82, 2.24) is 14.7 Å². The monoisotopic (exact) mass is 285 g/mol. The lowest BCUT2D eigenvalue weighted by Crippen LogP contribution is -2.45. The largest absolute Gasteiger partial charge is 0.395 e. The van der Waals surface area contributed by atoms with Crippen LogP contribution < -0.4 is 0 Å². The van der Waals surface area contributed by atoms with E-state index in [-0.39, 0.29) is 18.6 Å². The van der Waals surface area contributed by atoms with E-state index in [9.17, 15) is 4.79 Å². The van der Waals surface area contributed by atoms with Crippen molar-refractivity contribution in [2.45, 2.75) is 25.3 Å². The van der Waals surface area contributed by atoms with Gasteiger partial charge in [0.2, 0.25) is 0 Å². The van der Waals surface area contributed by atoms with Crippen LogP contribution in [-0.4, -0.2) is 44.9 Å². The molecule has 1 aliphatic carbocycles. The van der Waals surface area contributed by atoms with E-state index < -0.39 is 0 Å². The zero-order valence-electron chi connectivity index (χ0n) is 11.9. The van der Waals surface area contributed by atoms with Gasteiger partial charge in [0.25, 0.3) is 5.91 Å². The minimum atomic E-state index is -0.0454. The third kappa shape index (κ3) is 2.83. The number of aromatic nitrogens is 2. The van der Waals surface area contributed by atoms with Crippen LogP contribution in [0.3, 0.4) is 0 Å². The number of amides is 1. The van der Waals surface area contributed by atoms with Gasteiger partial charge >= 0.3 is 0 Å². The van der Waals surface area contributed by atoms with Crippen molar-refractivity contribution in [3.05, 3.63) is 48.3 Å². The van der Waals surface area contributed by atoms with Crippen molar-refractivity contribution in [3.8, 4) is 5.69 Å². The molecule has 5 nitrogen and oxygen atoms in total. The Bertz CT molecular complexity index is 605. The second-order valence-electron chi connectivity index (χ2n) is 5.32. The summed E-state index contributed by atoms with van der Waals surface area (Å²) in [6.07, 6.45) is 6.55. The van der Waals surface area contributed by atoms with Crippen molar-refractivity contribution in [3.63, 3.8) is 0 Å². The van der Waals surface area contributed by atoms with Gasteiger partial charge in [-0.1, -0.05) is 18.2 Å². The standard InChI is InChI=1S/C16H19N3O2/c20-10-9-18(14-7-4-8-14)16(21)13-11-17-19(12-13)15-5-2-1-3-6-15/h1-3,5-6,11-12,14,20H,4,7-10H2. The smallest absolute Gasteiger partial charge is 0.257 e. The second-order valence-corrected chi connectivity index (χ2v) is 5.32. The average molecular weight is 285 g/mol. The molecule has 1 aromatic carbocycles. The van der Waals surface area contributed by atoms with Gasteiger partial charge in [-0.2, -0.15) is 5.10 Å². The number of carbonyl (C=O) groups is 1. The molecule has 0 aliphatic heterocycles. The highest BCUT2D eigenvalue weighted by Crippen LogP contribution is 2.26. The molecule has 0 unspecified atom stereocenters. The van der Waals surface area contributed by atoms with Crippen molar-refractivity contribution in [2.24, 2.45) is 0 Å². The zero-order chi connectivity index (χ0) is 14.7. The highest BCUT2D eigenvalue weighted by Gasteiger charge is 2.29. The summed E-state index contributed by atoms with van der Waals surface area (Å²) in [6.45, 7) is 0.384. The minimum Gasteiger partial charge on any atom is -0.395 e. The molecule has 1 aromatic heterocycles. The summed E-state index contributed by atoms with van der Waals surface area (Å²) in [5.41, 5.74) is 1.49. The van der Waals surface area contributed by atoms with E-state index in [0.717, 1.165) is 24.9 Å². The Morgan fingerprint density at radius 3 is 2.71 bits per heavy atom. The molecule has 1 saturated carbocycles. The Labute approximate surface area is 123 Å². The van der Waals surface area contributed by atoms with Gasteiger partial charge in [0, 0.05) is 18.8 Å². The number of nitrogens with zero attached hydrogens (tertiary/aromatic N) is 3. The Morgan fingerprint density at radius 1 is 1.33 bits per heavy atom. The lowest BCUT2D eigenvalue weighted by molar-refractivity contribution is 0.0526. The van der Waals surface area contributed by atoms with Gasteiger partial charge in [-0.15, -0.1) is 0 Å². The Morgan fingerprint density at radius 2 is 2.10 bits per heavy atom. The number of benzene rings is 1. The SMILES string of the molecule is O=C(c1cnn(-c2ccccc2)c1)N(CCO)C1CCC1. The fourth-order valence-electron chi connectivity index (χ4n) is 2.58. The normalized spacial score (nSPS) is 14.7. The maximum Gasteiger partial charge on any atom is 0.257 e. The molecule has 21 heavy (non-hydrogen) atoms. The van der Waals surface area contributed by atoms with E-state index in [4.69, 9.17) is 5.11 Å². The molecule has 1 fully saturated rings. The molecule has 110 valence electrons. The third-order valence-corrected chi connectivity index (χ3v) is 3.97. The topological polar surface area (TPSA) is 58.4 Å². The van der Waals surface area contributed by atoms with Gasteiger partial charge in [0.1, 0.15) is 0 Å². The predicted molar refractivity (Wildman–Crippen MR) is 79.3 cm³/mol. The first-order valence-corrected chi connectivity index (χ1v) is 7.31. The first-order chi connectivity index (χ1) is 10.3. The van der Waals surface area contributed by atoms with E-state index in [1.165, 1.54) is 0 Å². The lowest BCUT2D eigenvalue weighted by atomic mass is 9.91. The molecule has 5 heteroatoms. The first-order valence-electron chi connectivity index (χ1n) is 7.31. The minimum absolute atomic E-state index is 0.00490. The number of carbonyl (C=O) groups excluding carboxylic acids is 1. The quantitative estimate of drug-likeness (QED) is 0.912. The summed E-state index contributed by atoms with van der Waals surface area (Å²) >= 11 is 0. The molecule has 0 saturated heterocycles. The lowest BCUT2D eigenvalue weighted by Gasteiger charge is -2.37. The maximum atomic E-state index is 12.6. The average Bonchev–Trinajstić information content (AvgIpc) is 2.95. The van der Waals surface area contributed by atoms with Gasteiger partial charge in [-0.25, -0.2) is 4.68 Å². The molecule has 1 amide bonds. The summed E-state index contributed by atoms with van der Waals surface area (Å²) in [5, 5.41) is 13.4. The number of rotatable bonds is 5. The zero-order valence-corrected chi connectivity index (χ0v) is 11.9. The number of hydrogen-bond donors (Lipinski definition) is 1. The second kappa shape index (κ2) is 6.10. The number of aliphatic hydroxyl groups excluding tert-OH is 1. The molecule has 1 heterocycles. The predicted octanol–water partition coefficient (Wildman–Crippen LogP) is 1.86. The van der Waals surface area contributed by atoms with Crippen LogP contribution in [0.1, 0.15) is 29.6 Å². The molecule has 0 bridgehead atoms. The molecule has 0 radical (unpaired) electrons. The molecule has 2 aromatic rings. The van der Waals surface area contributed by atoms with Gasteiger partial charge in [0.15, 0.2) is 0 Å². The molecule has 1 N–H and O–H groups in total. The maximum absolute atomic E-state index is 12.6. The Kier molecular flexibility index (Phi) is 4.01. The van der Waals surface area contributed by atoms with E-state index in [2.05, 4.69) is 5.10 Å². The van der Waals surface area contributed by atoms with Crippen LogP contribution >= 0.6 is 0 Å².